The standard InChI is InChI=1S/C14H16FN3OS2/c1-8-3-4-10(5-11(8)15)6-17-12(19)7-20-13-9(2)18-14(16)21-13/h3-5H,6-7H2,1-2H3,(H2,16,18)(H,17,19). The van der Waals surface area contributed by atoms with E-state index < -0.39 is 0 Å². The van der Waals surface area contributed by atoms with Gasteiger partial charge in [0.25, 0.3) is 0 Å². The van der Waals surface area contributed by atoms with Crippen LogP contribution >= 0.6 is 23.1 Å². The molecule has 0 spiro atoms. The Hall–Kier alpha value is -1.60. The minimum Gasteiger partial charge on any atom is -0.375 e. The van der Waals surface area contributed by atoms with Crippen LogP contribution in [0.1, 0.15) is 16.8 Å². The van der Waals surface area contributed by atoms with E-state index in [0.717, 1.165) is 15.5 Å². The molecule has 0 radical (unpaired) electrons. The number of nitrogens with one attached hydrogen (secondary N) is 1. The van der Waals surface area contributed by atoms with Gasteiger partial charge in [-0.15, -0.1) is 11.8 Å². The molecule has 112 valence electrons. The Morgan fingerprint density at radius 2 is 2.24 bits per heavy atom. The average Bonchev–Trinajstić information content (AvgIpc) is 2.76. The summed E-state index contributed by atoms with van der Waals surface area (Å²) in [6.07, 6.45) is 0. The summed E-state index contributed by atoms with van der Waals surface area (Å²) in [5.74, 6) is -0.0733. The molecule has 0 fully saturated rings. The van der Waals surface area contributed by atoms with Gasteiger partial charge in [0.05, 0.1) is 15.7 Å². The van der Waals surface area contributed by atoms with Crippen molar-refractivity contribution in [2.24, 2.45) is 0 Å². The Balaban J connectivity index is 1.82. The van der Waals surface area contributed by atoms with E-state index in [-0.39, 0.29) is 17.5 Å². The van der Waals surface area contributed by atoms with Crippen LogP contribution in [-0.4, -0.2) is 16.6 Å². The SMILES string of the molecule is Cc1ccc(CNC(=O)CSc2sc(N)nc2C)cc1F. The number of amides is 1. The molecule has 21 heavy (non-hydrogen) atoms. The Kier molecular flexibility index (Phi) is 5.19. The lowest BCUT2D eigenvalue weighted by Gasteiger charge is -2.06. The Labute approximate surface area is 131 Å². The number of aryl methyl sites for hydroxylation is 2. The van der Waals surface area contributed by atoms with Gasteiger partial charge in [-0.3, -0.25) is 4.79 Å². The van der Waals surface area contributed by atoms with Crippen LogP contribution in [0.15, 0.2) is 22.4 Å². The predicted octanol–water partition coefficient (Wildman–Crippen LogP) is 2.89. The third-order valence-corrected chi connectivity index (χ3v) is 5.18. The van der Waals surface area contributed by atoms with Gasteiger partial charge in [0.15, 0.2) is 5.13 Å². The molecule has 0 bridgehead atoms. The van der Waals surface area contributed by atoms with E-state index in [4.69, 9.17) is 5.73 Å². The van der Waals surface area contributed by atoms with Gasteiger partial charge in [0.1, 0.15) is 5.82 Å². The third-order valence-electron chi connectivity index (χ3n) is 2.83. The number of nitrogen functional groups attached to an aromatic ring is 1. The van der Waals surface area contributed by atoms with Gasteiger partial charge in [0, 0.05) is 6.54 Å². The summed E-state index contributed by atoms with van der Waals surface area (Å²) >= 11 is 2.78. The van der Waals surface area contributed by atoms with Gasteiger partial charge in [-0.2, -0.15) is 0 Å². The Morgan fingerprint density at radius 1 is 1.48 bits per heavy atom. The Bertz CT molecular complexity index is 658. The predicted molar refractivity (Wildman–Crippen MR) is 85.0 cm³/mol. The largest absolute Gasteiger partial charge is 0.375 e. The molecule has 1 amide bonds. The quantitative estimate of drug-likeness (QED) is 0.830. The first kappa shape index (κ1) is 15.8. The van der Waals surface area contributed by atoms with Crippen molar-refractivity contribution in [3.8, 4) is 0 Å². The van der Waals surface area contributed by atoms with Gasteiger partial charge in [-0.25, -0.2) is 9.37 Å². The van der Waals surface area contributed by atoms with Crippen molar-refractivity contribution in [2.45, 2.75) is 24.6 Å². The number of halogens is 1. The van der Waals surface area contributed by atoms with E-state index in [1.807, 2.05) is 6.92 Å². The highest BCUT2D eigenvalue weighted by molar-refractivity contribution is 8.01. The van der Waals surface area contributed by atoms with Crippen molar-refractivity contribution in [1.29, 1.82) is 0 Å². The molecule has 0 aliphatic rings. The van der Waals surface area contributed by atoms with E-state index in [1.54, 1.807) is 19.1 Å². The summed E-state index contributed by atoms with van der Waals surface area (Å²) in [6.45, 7) is 3.89. The summed E-state index contributed by atoms with van der Waals surface area (Å²) in [5.41, 5.74) is 7.79. The molecule has 0 atom stereocenters. The van der Waals surface area contributed by atoms with Crippen molar-refractivity contribution < 1.29 is 9.18 Å². The lowest BCUT2D eigenvalue weighted by molar-refractivity contribution is -0.118. The molecule has 0 unspecified atom stereocenters. The number of hydrogen-bond donors (Lipinski definition) is 2. The molecule has 3 N–H and O–H groups in total. The first-order valence-electron chi connectivity index (χ1n) is 6.33. The second-order valence-corrected chi connectivity index (χ2v) is 6.85. The molecule has 0 aliphatic carbocycles. The summed E-state index contributed by atoms with van der Waals surface area (Å²) < 4.78 is 14.3. The second-order valence-electron chi connectivity index (χ2n) is 4.57. The molecule has 0 saturated heterocycles. The molecule has 7 heteroatoms. The highest BCUT2D eigenvalue weighted by atomic mass is 32.2. The first-order valence-corrected chi connectivity index (χ1v) is 8.13. The number of aromatic nitrogens is 1. The van der Waals surface area contributed by atoms with Crippen LogP contribution in [-0.2, 0) is 11.3 Å². The average molecular weight is 325 g/mol. The van der Waals surface area contributed by atoms with Crippen LogP contribution < -0.4 is 11.1 Å². The van der Waals surface area contributed by atoms with Crippen LogP contribution in [0, 0.1) is 19.7 Å². The topological polar surface area (TPSA) is 68.0 Å². The van der Waals surface area contributed by atoms with Crippen molar-refractivity contribution in [2.75, 3.05) is 11.5 Å². The molecule has 0 saturated carbocycles. The van der Waals surface area contributed by atoms with Crippen LogP contribution in [0.3, 0.4) is 0 Å². The minimum atomic E-state index is -0.258. The Morgan fingerprint density at radius 3 is 2.86 bits per heavy atom. The van der Waals surface area contributed by atoms with Gasteiger partial charge < -0.3 is 11.1 Å². The number of hydrogen-bond acceptors (Lipinski definition) is 5. The highest BCUT2D eigenvalue weighted by Crippen LogP contribution is 2.30. The number of anilines is 1. The zero-order chi connectivity index (χ0) is 15.4. The molecule has 0 aliphatic heterocycles. The van der Waals surface area contributed by atoms with Crippen LogP contribution in [0.25, 0.3) is 0 Å². The number of rotatable bonds is 5. The van der Waals surface area contributed by atoms with E-state index in [9.17, 15) is 9.18 Å². The maximum atomic E-state index is 13.4. The van der Waals surface area contributed by atoms with E-state index in [2.05, 4.69) is 10.3 Å². The van der Waals surface area contributed by atoms with Crippen molar-refractivity contribution >= 4 is 34.1 Å². The number of benzene rings is 1. The molecule has 1 heterocycles. The van der Waals surface area contributed by atoms with Crippen LogP contribution in [0.5, 0.6) is 0 Å². The number of nitrogens with zero attached hydrogens (tertiary/aromatic N) is 1. The summed E-state index contributed by atoms with van der Waals surface area (Å²) in [7, 11) is 0. The van der Waals surface area contributed by atoms with Crippen molar-refractivity contribution in [3.63, 3.8) is 0 Å². The second kappa shape index (κ2) is 6.91. The van der Waals surface area contributed by atoms with E-state index in [0.29, 0.717) is 17.2 Å². The zero-order valence-corrected chi connectivity index (χ0v) is 13.4. The minimum absolute atomic E-state index is 0.104. The monoisotopic (exact) mass is 325 g/mol. The van der Waals surface area contributed by atoms with Crippen molar-refractivity contribution in [3.05, 3.63) is 40.8 Å². The molecule has 1 aromatic carbocycles. The number of thioether (sulfide) groups is 1. The fourth-order valence-electron chi connectivity index (χ4n) is 1.67. The summed E-state index contributed by atoms with van der Waals surface area (Å²) in [6, 6.07) is 4.95. The van der Waals surface area contributed by atoms with Crippen LogP contribution in [0.4, 0.5) is 9.52 Å². The summed E-state index contributed by atoms with van der Waals surface area (Å²) in [5, 5.41) is 3.27. The number of carbonyl (C=O) groups is 1. The third kappa shape index (κ3) is 4.44. The van der Waals surface area contributed by atoms with E-state index >= 15 is 0 Å². The van der Waals surface area contributed by atoms with E-state index in [1.165, 1.54) is 29.2 Å². The number of nitrogens with two attached hydrogens (primary N) is 1. The lowest BCUT2D eigenvalue weighted by atomic mass is 10.1. The smallest absolute Gasteiger partial charge is 0.230 e. The molecular formula is C14H16FN3OS2. The molecule has 1 aromatic heterocycles. The summed E-state index contributed by atoms with van der Waals surface area (Å²) in [4.78, 5) is 15.9. The fraction of sp³-hybridized carbons (Fsp3) is 0.286. The lowest BCUT2D eigenvalue weighted by Crippen LogP contribution is -2.24. The zero-order valence-electron chi connectivity index (χ0n) is 11.8. The normalized spacial score (nSPS) is 10.6. The number of carbonyl (C=O) groups excluding carboxylic acids is 1. The molecule has 2 aromatic rings. The highest BCUT2D eigenvalue weighted by Gasteiger charge is 2.09. The van der Waals surface area contributed by atoms with Gasteiger partial charge >= 0.3 is 0 Å². The maximum Gasteiger partial charge on any atom is 0.230 e. The number of thiazole rings is 1. The van der Waals surface area contributed by atoms with Gasteiger partial charge in [0.2, 0.25) is 5.91 Å². The maximum absolute atomic E-state index is 13.4. The molecular weight excluding hydrogens is 309 g/mol. The fourth-order valence-corrected chi connectivity index (χ4v) is 3.52. The van der Waals surface area contributed by atoms with Crippen molar-refractivity contribution in [1.82, 2.24) is 10.3 Å². The van der Waals surface area contributed by atoms with Gasteiger partial charge in [-0.05, 0) is 31.0 Å². The first-order chi connectivity index (χ1) is 9.95. The van der Waals surface area contributed by atoms with Gasteiger partial charge in [-0.1, -0.05) is 23.5 Å². The molecule has 4 nitrogen and oxygen atoms in total. The molecule has 2 rings (SSSR count). The van der Waals surface area contributed by atoms with Crippen LogP contribution in [0.2, 0.25) is 0 Å².